The molecule has 5 aromatic rings. The molecule has 0 fully saturated rings. The molecule has 6 rings (SSSR count). The summed E-state index contributed by atoms with van der Waals surface area (Å²) in [7, 11) is 0. The zero-order valence-corrected chi connectivity index (χ0v) is 27.3. The van der Waals surface area contributed by atoms with E-state index in [4.69, 9.17) is 9.72 Å². The molecule has 3 aromatic carbocycles. The third-order valence-corrected chi connectivity index (χ3v) is 8.31. The number of aryl methyl sites for hydroxylation is 2. The third-order valence-electron chi connectivity index (χ3n) is 7.77. The molecule has 0 atom stereocenters. The van der Waals surface area contributed by atoms with Crippen molar-refractivity contribution < 1.29 is 4.74 Å². The van der Waals surface area contributed by atoms with Crippen LogP contribution in [0.4, 0.5) is 0 Å². The molecular weight excluding hydrogens is 624 g/mol. The number of aromatic amines is 1. The molecule has 43 heavy (non-hydrogen) atoms. The lowest BCUT2D eigenvalue weighted by Gasteiger charge is -2.17. The number of hydrogen-bond acceptors (Lipinski definition) is 6. The molecule has 3 heterocycles. The Labute approximate surface area is 265 Å². The van der Waals surface area contributed by atoms with Crippen molar-refractivity contribution in [3.63, 3.8) is 0 Å². The maximum Gasteiger partial charge on any atom is 0.323 e. The molecule has 222 valence electrons. The van der Waals surface area contributed by atoms with Crippen molar-refractivity contribution in [1.82, 2.24) is 18.9 Å². The number of fused-ring (bicyclic) bond motifs is 1. The van der Waals surface area contributed by atoms with Crippen LogP contribution in [0.5, 0.6) is 5.75 Å². The van der Waals surface area contributed by atoms with E-state index in [0.717, 1.165) is 87.7 Å². The molecule has 0 spiro atoms. The molecule has 0 saturated heterocycles. The van der Waals surface area contributed by atoms with Gasteiger partial charge in [-0.1, -0.05) is 61.9 Å². The van der Waals surface area contributed by atoms with Crippen LogP contribution < -0.4 is 15.2 Å². The number of halogens is 1. The molecule has 0 aliphatic carbocycles. The molecule has 1 N–H and O–H groups in total. The van der Waals surface area contributed by atoms with E-state index in [0.29, 0.717) is 18.1 Å². The second-order valence-corrected chi connectivity index (χ2v) is 12.3. The summed E-state index contributed by atoms with van der Waals surface area (Å²) in [6.07, 6.45) is 4.07. The highest BCUT2D eigenvalue weighted by Crippen LogP contribution is 2.36. The number of nitrogens with zero attached hydrogens (tertiary/aromatic N) is 3. The minimum atomic E-state index is -0.251. The summed E-state index contributed by atoms with van der Waals surface area (Å²) in [5.41, 5.74) is 7.18. The molecular formula is C34H35BrN4O3S. The first kappa shape index (κ1) is 30.6. The van der Waals surface area contributed by atoms with Gasteiger partial charge in [-0.05, 0) is 68.5 Å². The fourth-order valence-corrected chi connectivity index (χ4v) is 6.24. The fraction of sp³-hybridized carbons (Fsp3) is 0.294. The quantitative estimate of drug-likeness (QED) is 0.190. The SMILES string of the molecule is Br.CCCCc1nc(C)n(-c2ccc3c(c2)CC(C)(C)O3)c(=O)c1Cc1ccc(-c2ccccc2-c2nsc(=O)[nH]2)cc1. The zero-order valence-electron chi connectivity index (χ0n) is 24.8. The van der Waals surface area contributed by atoms with Gasteiger partial charge in [0, 0.05) is 41.1 Å². The van der Waals surface area contributed by atoms with Crippen molar-refractivity contribution in [2.24, 2.45) is 0 Å². The van der Waals surface area contributed by atoms with Crippen LogP contribution in [0.2, 0.25) is 0 Å². The predicted molar refractivity (Wildman–Crippen MR) is 178 cm³/mol. The predicted octanol–water partition coefficient (Wildman–Crippen LogP) is 7.24. The minimum absolute atomic E-state index is 0. The Morgan fingerprint density at radius 2 is 1.77 bits per heavy atom. The van der Waals surface area contributed by atoms with E-state index < -0.39 is 0 Å². The monoisotopic (exact) mass is 658 g/mol. The van der Waals surface area contributed by atoms with E-state index in [9.17, 15) is 9.59 Å². The lowest BCUT2D eigenvalue weighted by Crippen LogP contribution is -2.28. The van der Waals surface area contributed by atoms with Gasteiger partial charge in [-0.15, -0.1) is 17.0 Å². The second-order valence-electron chi connectivity index (χ2n) is 11.5. The normalized spacial score (nSPS) is 13.3. The summed E-state index contributed by atoms with van der Waals surface area (Å²) in [5.74, 6) is 2.14. The Bertz CT molecular complexity index is 1890. The maximum atomic E-state index is 14.2. The second kappa shape index (κ2) is 12.4. The number of H-pyrrole nitrogens is 1. The van der Waals surface area contributed by atoms with Crippen LogP contribution in [-0.2, 0) is 19.3 Å². The smallest absolute Gasteiger partial charge is 0.323 e. The van der Waals surface area contributed by atoms with Crippen molar-refractivity contribution in [3.8, 4) is 34.0 Å². The average molecular weight is 660 g/mol. The van der Waals surface area contributed by atoms with Gasteiger partial charge in [0.2, 0.25) is 0 Å². The topological polar surface area (TPSA) is 89.9 Å². The summed E-state index contributed by atoms with van der Waals surface area (Å²) < 4.78 is 12.1. The number of rotatable bonds is 8. The lowest BCUT2D eigenvalue weighted by molar-refractivity contribution is 0.138. The van der Waals surface area contributed by atoms with Gasteiger partial charge in [0.25, 0.3) is 5.56 Å². The number of aromatic nitrogens is 4. The Morgan fingerprint density at radius 1 is 1.02 bits per heavy atom. The van der Waals surface area contributed by atoms with Crippen LogP contribution in [0.15, 0.2) is 76.3 Å². The Hall–Kier alpha value is -3.82. The Kier molecular flexibility index (Phi) is 8.85. The van der Waals surface area contributed by atoms with Crippen molar-refractivity contribution >= 4 is 28.5 Å². The number of unbranched alkanes of at least 4 members (excludes halogenated alkanes) is 1. The zero-order chi connectivity index (χ0) is 29.4. The third kappa shape index (κ3) is 6.28. The van der Waals surface area contributed by atoms with Crippen LogP contribution in [0.25, 0.3) is 28.2 Å². The van der Waals surface area contributed by atoms with Gasteiger partial charge in [-0.3, -0.25) is 19.1 Å². The number of ether oxygens (including phenoxy) is 1. The van der Waals surface area contributed by atoms with E-state index in [-0.39, 0.29) is 33.0 Å². The van der Waals surface area contributed by atoms with E-state index in [1.54, 1.807) is 4.57 Å². The summed E-state index contributed by atoms with van der Waals surface area (Å²) in [4.78, 5) is 33.5. The molecule has 1 aliphatic rings. The highest BCUT2D eigenvalue weighted by Gasteiger charge is 2.30. The molecule has 0 amide bonds. The molecule has 1 aliphatic heterocycles. The summed E-state index contributed by atoms with van der Waals surface area (Å²) in [6.45, 7) is 8.22. The molecule has 7 nitrogen and oxygen atoms in total. The van der Waals surface area contributed by atoms with Crippen LogP contribution in [0, 0.1) is 6.92 Å². The van der Waals surface area contributed by atoms with Crippen molar-refractivity contribution in [1.29, 1.82) is 0 Å². The highest BCUT2D eigenvalue weighted by molar-refractivity contribution is 8.93. The first-order valence-electron chi connectivity index (χ1n) is 14.4. The van der Waals surface area contributed by atoms with Crippen molar-refractivity contribution in [2.75, 3.05) is 0 Å². The number of hydrogen-bond donors (Lipinski definition) is 1. The van der Waals surface area contributed by atoms with Crippen LogP contribution in [0.1, 0.15) is 61.8 Å². The van der Waals surface area contributed by atoms with Gasteiger partial charge in [-0.2, -0.15) is 4.37 Å². The lowest BCUT2D eigenvalue weighted by atomic mass is 9.96. The molecule has 2 aromatic heterocycles. The molecule has 0 saturated carbocycles. The number of nitrogens with one attached hydrogen (secondary N) is 1. The Morgan fingerprint density at radius 3 is 2.47 bits per heavy atom. The average Bonchev–Trinajstić information content (AvgIpc) is 3.54. The van der Waals surface area contributed by atoms with E-state index in [2.05, 4.69) is 60.5 Å². The van der Waals surface area contributed by atoms with Crippen LogP contribution >= 0.6 is 28.5 Å². The summed E-state index contributed by atoms with van der Waals surface area (Å²) in [5, 5.41) is 0. The summed E-state index contributed by atoms with van der Waals surface area (Å²) >= 11 is 0.916. The van der Waals surface area contributed by atoms with E-state index in [1.165, 1.54) is 0 Å². The van der Waals surface area contributed by atoms with Crippen molar-refractivity contribution in [2.45, 2.75) is 65.4 Å². The van der Waals surface area contributed by atoms with Crippen LogP contribution in [0.3, 0.4) is 0 Å². The van der Waals surface area contributed by atoms with Gasteiger partial charge in [0.15, 0.2) is 5.82 Å². The maximum absolute atomic E-state index is 14.2. The first-order chi connectivity index (χ1) is 20.2. The first-order valence-corrected chi connectivity index (χ1v) is 15.2. The van der Waals surface area contributed by atoms with Crippen LogP contribution in [-0.4, -0.2) is 24.5 Å². The molecule has 9 heteroatoms. The highest BCUT2D eigenvalue weighted by atomic mass is 79.9. The standard InChI is InChI=1S/C34H34N4O3S.BrH/c1-5-6-11-29-28(32(39)38(21(2)35-29)25-16-17-30-24(19-25)20-34(3,4)41-30)18-22-12-14-23(15-13-22)26-9-7-8-10-27(26)31-36-33(40)42-37-31;/h7-10,12-17,19H,5-6,11,18,20H2,1-4H3,(H,36,37,40);1H. The molecule has 0 bridgehead atoms. The van der Waals surface area contributed by atoms with E-state index in [1.807, 2.05) is 43.3 Å². The number of benzene rings is 3. The summed E-state index contributed by atoms with van der Waals surface area (Å²) in [6, 6.07) is 22.1. The van der Waals surface area contributed by atoms with Gasteiger partial charge >= 0.3 is 4.87 Å². The van der Waals surface area contributed by atoms with Crippen molar-refractivity contribution in [3.05, 3.63) is 115 Å². The largest absolute Gasteiger partial charge is 0.487 e. The van der Waals surface area contributed by atoms with Gasteiger partial charge in [-0.25, -0.2) is 4.98 Å². The van der Waals surface area contributed by atoms with Gasteiger partial charge in [0.1, 0.15) is 17.2 Å². The molecule has 0 radical (unpaired) electrons. The van der Waals surface area contributed by atoms with Gasteiger partial charge in [0.05, 0.1) is 11.4 Å². The van der Waals surface area contributed by atoms with Gasteiger partial charge < -0.3 is 4.74 Å². The van der Waals surface area contributed by atoms with E-state index >= 15 is 0 Å². The molecule has 0 unspecified atom stereocenters. The fourth-order valence-electron chi connectivity index (χ4n) is 5.78. The minimum Gasteiger partial charge on any atom is -0.487 e. The Balaban J connectivity index is 0.00000368.